The summed E-state index contributed by atoms with van der Waals surface area (Å²) in [7, 11) is 3.37. The van der Waals surface area contributed by atoms with Crippen molar-refractivity contribution in [2.75, 3.05) is 12.4 Å². The monoisotopic (exact) mass is 441 g/mol. The highest BCUT2D eigenvalue weighted by molar-refractivity contribution is 6.31. The number of benzene rings is 1. The maximum Gasteiger partial charge on any atom is 0.328 e. The Morgan fingerprint density at radius 1 is 1.35 bits per heavy atom. The first-order valence-electron chi connectivity index (χ1n) is 9.93. The average molecular weight is 442 g/mol. The van der Waals surface area contributed by atoms with Crippen molar-refractivity contribution in [3.8, 4) is 6.07 Å². The Morgan fingerprint density at radius 3 is 2.74 bits per heavy atom. The molecule has 0 aliphatic carbocycles. The quantitative estimate of drug-likeness (QED) is 0.418. The summed E-state index contributed by atoms with van der Waals surface area (Å²) in [6, 6.07) is 9.03. The van der Waals surface area contributed by atoms with E-state index in [-0.39, 0.29) is 40.4 Å². The predicted molar refractivity (Wildman–Crippen MR) is 120 cm³/mol. The fraction of sp³-hybridized carbons (Fsp3) is 0.364. The number of halogens is 1. The Balaban J connectivity index is 2.05. The Morgan fingerprint density at radius 2 is 2.10 bits per heavy atom. The van der Waals surface area contributed by atoms with Gasteiger partial charge in [0.25, 0.3) is 0 Å². The summed E-state index contributed by atoms with van der Waals surface area (Å²) >= 11 is 6.14. The van der Waals surface area contributed by atoms with Gasteiger partial charge in [0.2, 0.25) is 0 Å². The largest absolute Gasteiger partial charge is 0.382 e. The van der Waals surface area contributed by atoms with E-state index in [0.717, 1.165) is 11.0 Å². The van der Waals surface area contributed by atoms with Crippen molar-refractivity contribution in [2.45, 2.75) is 39.3 Å². The molecule has 8 nitrogen and oxygen atoms in total. The molecular formula is C22H24ClN5O3. The van der Waals surface area contributed by atoms with E-state index < -0.39 is 0 Å². The minimum atomic E-state index is -0.172. The number of rotatable bonds is 8. The zero-order valence-electron chi connectivity index (χ0n) is 17.9. The van der Waals surface area contributed by atoms with E-state index >= 15 is 0 Å². The summed E-state index contributed by atoms with van der Waals surface area (Å²) in [6.45, 7) is 4.19. The molecule has 0 amide bonds. The van der Waals surface area contributed by atoms with E-state index in [1.807, 2.05) is 25.1 Å². The molecule has 1 aromatic carbocycles. The number of nitrogens with zero attached hydrogens (tertiary/aromatic N) is 4. The predicted octanol–water partition coefficient (Wildman–Crippen LogP) is 4.02. The SMILES string of the molecule is CCC(=O)c1cc(Nc2ccc3c(c2)n(CC[C@@H](C)OC)c(=O)n3C)c(C#N)c(Cl)n1. The number of hydrogen-bond acceptors (Lipinski definition) is 6. The number of Topliss-reactive ketones (excluding diaryl/α,β-unsaturated/α-hetero) is 1. The van der Waals surface area contributed by atoms with Gasteiger partial charge >= 0.3 is 5.69 Å². The third-order valence-electron chi connectivity index (χ3n) is 5.28. The van der Waals surface area contributed by atoms with Crippen molar-refractivity contribution in [1.29, 1.82) is 5.26 Å². The van der Waals surface area contributed by atoms with Gasteiger partial charge in [0.15, 0.2) is 5.78 Å². The number of pyridine rings is 1. The van der Waals surface area contributed by atoms with Gasteiger partial charge in [-0.15, -0.1) is 0 Å². The highest BCUT2D eigenvalue weighted by Gasteiger charge is 2.17. The van der Waals surface area contributed by atoms with Crippen LogP contribution >= 0.6 is 11.6 Å². The van der Waals surface area contributed by atoms with Crippen molar-refractivity contribution in [1.82, 2.24) is 14.1 Å². The molecule has 3 aromatic rings. The first-order chi connectivity index (χ1) is 14.8. The molecule has 0 aliphatic rings. The van der Waals surface area contributed by atoms with Gasteiger partial charge in [-0.25, -0.2) is 9.78 Å². The van der Waals surface area contributed by atoms with E-state index in [4.69, 9.17) is 16.3 Å². The average Bonchev–Trinajstić information content (AvgIpc) is 3.00. The summed E-state index contributed by atoms with van der Waals surface area (Å²) in [5.41, 5.74) is 2.81. The standard InChI is InChI=1S/C22H24ClN5O3/c1-5-20(29)17-11-16(15(12-24)21(23)26-17)25-14-6-7-18-19(10-14)28(22(30)27(18)3)9-8-13(2)31-4/h6-7,10-11,13H,5,8-9H2,1-4H3,(H,25,26)/t13-/m1/s1. The Kier molecular flexibility index (Phi) is 6.78. The highest BCUT2D eigenvalue weighted by Crippen LogP contribution is 2.28. The van der Waals surface area contributed by atoms with Crippen molar-refractivity contribution in [3.63, 3.8) is 0 Å². The van der Waals surface area contributed by atoms with Gasteiger partial charge in [-0.3, -0.25) is 13.9 Å². The third kappa shape index (κ3) is 4.48. The molecule has 0 saturated heterocycles. The van der Waals surface area contributed by atoms with E-state index in [1.54, 1.807) is 36.3 Å². The van der Waals surface area contributed by atoms with Gasteiger partial charge in [0, 0.05) is 32.8 Å². The second-order valence-electron chi connectivity index (χ2n) is 7.27. The number of fused-ring (bicyclic) bond motifs is 1. The van der Waals surface area contributed by atoms with Crippen LogP contribution in [0.3, 0.4) is 0 Å². The van der Waals surface area contributed by atoms with Gasteiger partial charge in [0.1, 0.15) is 22.5 Å². The number of nitrogens with one attached hydrogen (secondary N) is 1. The maximum atomic E-state index is 12.7. The van der Waals surface area contributed by atoms with Crippen LogP contribution in [0.25, 0.3) is 11.0 Å². The molecule has 3 rings (SSSR count). The molecule has 162 valence electrons. The molecule has 31 heavy (non-hydrogen) atoms. The van der Waals surface area contributed by atoms with Crippen LogP contribution in [-0.2, 0) is 18.3 Å². The van der Waals surface area contributed by atoms with Gasteiger partial charge in [0.05, 0.1) is 22.8 Å². The number of aryl methyl sites for hydroxylation is 2. The van der Waals surface area contributed by atoms with Gasteiger partial charge in [-0.1, -0.05) is 18.5 Å². The smallest absolute Gasteiger partial charge is 0.328 e. The number of imidazole rings is 1. The topological polar surface area (TPSA) is 102 Å². The lowest BCUT2D eigenvalue weighted by Gasteiger charge is -2.12. The van der Waals surface area contributed by atoms with E-state index in [9.17, 15) is 14.9 Å². The Bertz CT molecular complexity index is 1240. The van der Waals surface area contributed by atoms with Gasteiger partial charge in [-0.2, -0.15) is 5.26 Å². The van der Waals surface area contributed by atoms with Crippen LogP contribution < -0.4 is 11.0 Å². The lowest BCUT2D eigenvalue weighted by Crippen LogP contribution is -2.24. The molecule has 0 unspecified atom stereocenters. The van der Waals surface area contributed by atoms with E-state index in [2.05, 4.69) is 10.3 Å². The summed E-state index contributed by atoms with van der Waals surface area (Å²) < 4.78 is 8.60. The first-order valence-corrected chi connectivity index (χ1v) is 10.3. The molecule has 0 fully saturated rings. The molecule has 0 bridgehead atoms. The number of anilines is 2. The second-order valence-corrected chi connectivity index (χ2v) is 7.62. The minimum Gasteiger partial charge on any atom is -0.382 e. The molecular weight excluding hydrogens is 418 g/mol. The normalized spacial score (nSPS) is 12.0. The lowest BCUT2D eigenvalue weighted by atomic mass is 10.1. The molecule has 0 saturated carbocycles. The Hall–Kier alpha value is -3.15. The van der Waals surface area contributed by atoms with Gasteiger partial charge < -0.3 is 10.1 Å². The summed E-state index contributed by atoms with van der Waals surface area (Å²) in [6.07, 6.45) is 0.987. The lowest BCUT2D eigenvalue weighted by molar-refractivity contribution is 0.0983. The number of carbonyl (C=O) groups excluding carboxylic acids is 1. The van der Waals surface area contributed by atoms with Crippen LogP contribution in [0, 0.1) is 11.3 Å². The molecule has 1 N–H and O–H groups in total. The number of ketones is 1. The van der Waals surface area contributed by atoms with Crippen LogP contribution in [0.4, 0.5) is 11.4 Å². The fourth-order valence-corrected chi connectivity index (χ4v) is 3.57. The molecule has 1 atom stereocenters. The third-order valence-corrected chi connectivity index (χ3v) is 5.55. The van der Waals surface area contributed by atoms with Crippen LogP contribution in [0.2, 0.25) is 5.15 Å². The summed E-state index contributed by atoms with van der Waals surface area (Å²) in [4.78, 5) is 28.9. The maximum absolute atomic E-state index is 12.7. The number of hydrogen-bond donors (Lipinski definition) is 1. The van der Waals surface area contributed by atoms with Crippen LogP contribution in [0.5, 0.6) is 0 Å². The van der Waals surface area contributed by atoms with Crippen molar-refractivity contribution in [2.24, 2.45) is 7.05 Å². The van der Waals surface area contributed by atoms with Crippen molar-refractivity contribution < 1.29 is 9.53 Å². The van der Waals surface area contributed by atoms with E-state index in [0.29, 0.717) is 24.3 Å². The number of aromatic nitrogens is 3. The molecule has 2 heterocycles. The molecule has 0 radical (unpaired) electrons. The highest BCUT2D eigenvalue weighted by atomic mass is 35.5. The number of carbonyl (C=O) groups is 1. The van der Waals surface area contributed by atoms with Crippen LogP contribution in [-0.4, -0.2) is 33.1 Å². The second kappa shape index (κ2) is 9.33. The van der Waals surface area contributed by atoms with Crippen LogP contribution in [0.15, 0.2) is 29.1 Å². The summed E-state index contributed by atoms with van der Waals surface area (Å²) in [5, 5.41) is 12.6. The number of nitriles is 1. The molecule has 2 aromatic heterocycles. The molecule has 9 heteroatoms. The zero-order valence-corrected chi connectivity index (χ0v) is 18.7. The van der Waals surface area contributed by atoms with Crippen LogP contribution in [0.1, 0.15) is 42.7 Å². The molecule has 0 aliphatic heterocycles. The number of ether oxygens (including phenoxy) is 1. The summed E-state index contributed by atoms with van der Waals surface area (Å²) in [5.74, 6) is -0.172. The minimum absolute atomic E-state index is 0.0233. The molecule has 0 spiro atoms. The van der Waals surface area contributed by atoms with E-state index in [1.165, 1.54) is 6.07 Å². The Labute approximate surface area is 185 Å². The van der Waals surface area contributed by atoms with Gasteiger partial charge in [-0.05, 0) is 37.6 Å². The fourth-order valence-electron chi connectivity index (χ4n) is 3.33. The van der Waals surface area contributed by atoms with Crippen molar-refractivity contribution >= 4 is 39.8 Å². The zero-order chi connectivity index (χ0) is 22.7. The first kappa shape index (κ1) is 22.5. The number of methoxy groups -OCH3 is 1. The van der Waals surface area contributed by atoms with Crippen molar-refractivity contribution in [3.05, 3.63) is 51.2 Å².